The van der Waals surface area contributed by atoms with Gasteiger partial charge in [-0.1, -0.05) is 0 Å². The van der Waals surface area contributed by atoms with Crippen molar-refractivity contribution >= 4 is 27.4 Å². The molecule has 0 bridgehead atoms. The van der Waals surface area contributed by atoms with E-state index in [1.54, 1.807) is 0 Å². The fraction of sp³-hybridized carbons (Fsp3) is 0.500. The second-order valence-corrected chi connectivity index (χ2v) is 4.71. The molecular weight excluding hydrogens is 304 g/mol. The Bertz CT molecular complexity index is 437. The molecule has 1 fully saturated rings. The van der Waals surface area contributed by atoms with Gasteiger partial charge < -0.3 is 15.4 Å². The fourth-order valence-corrected chi connectivity index (χ4v) is 2.10. The quantitative estimate of drug-likeness (QED) is 0.640. The highest BCUT2D eigenvalue weighted by molar-refractivity contribution is 9.10. The predicted molar refractivity (Wildman–Crippen MR) is 69.7 cm³/mol. The van der Waals surface area contributed by atoms with Crippen molar-refractivity contribution in [1.29, 1.82) is 0 Å². The van der Waals surface area contributed by atoms with Crippen molar-refractivity contribution in [2.24, 2.45) is 0 Å². The van der Waals surface area contributed by atoms with Gasteiger partial charge in [-0.3, -0.25) is 10.1 Å². The Labute approximate surface area is 112 Å². The number of nitrogens with zero attached hydrogens (tertiary/aromatic N) is 2. The van der Waals surface area contributed by atoms with Gasteiger partial charge in [-0.25, -0.2) is 4.98 Å². The van der Waals surface area contributed by atoms with Crippen LogP contribution in [0.15, 0.2) is 16.7 Å². The number of aromatic nitrogens is 1. The summed E-state index contributed by atoms with van der Waals surface area (Å²) in [6, 6.07) is 1.43. The van der Waals surface area contributed by atoms with Crippen LogP contribution in [0.1, 0.15) is 0 Å². The van der Waals surface area contributed by atoms with Crippen molar-refractivity contribution in [1.82, 2.24) is 10.3 Å². The van der Waals surface area contributed by atoms with E-state index in [1.807, 2.05) is 0 Å². The van der Waals surface area contributed by atoms with Gasteiger partial charge in [-0.05, 0) is 15.9 Å². The maximum Gasteiger partial charge on any atom is 0.288 e. The normalized spacial score (nSPS) is 19.5. The minimum Gasteiger partial charge on any atom is -0.374 e. The molecule has 2 N–H and O–H groups in total. The number of halogens is 1. The molecule has 0 spiro atoms. The third-order valence-corrected chi connectivity index (χ3v) is 3.14. The summed E-state index contributed by atoms with van der Waals surface area (Å²) in [6.07, 6.45) is 1.32. The second kappa shape index (κ2) is 6.07. The zero-order valence-corrected chi connectivity index (χ0v) is 11.1. The molecule has 1 aromatic rings. The van der Waals surface area contributed by atoms with Crippen molar-refractivity contribution < 1.29 is 9.66 Å². The van der Waals surface area contributed by atoms with Crippen LogP contribution in [0.2, 0.25) is 0 Å². The van der Waals surface area contributed by atoms with E-state index in [4.69, 9.17) is 4.74 Å². The largest absolute Gasteiger partial charge is 0.374 e. The average molecular weight is 317 g/mol. The van der Waals surface area contributed by atoms with E-state index in [1.165, 1.54) is 12.3 Å². The third kappa shape index (κ3) is 3.37. The van der Waals surface area contributed by atoms with Gasteiger partial charge in [0, 0.05) is 25.7 Å². The summed E-state index contributed by atoms with van der Waals surface area (Å²) < 4.78 is 6.10. The first kappa shape index (κ1) is 13.2. The first-order valence-corrected chi connectivity index (χ1v) is 6.32. The Hall–Kier alpha value is -1.25. The summed E-state index contributed by atoms with van der Waals surface area (Å²) in [6.45, 7) is 2.96. The lowest BCUT2D eigenvalue weighted by atomic mass is 10.3. The number of hydrogen-bond acceptors (Lipinski definition) is 6. The van der Waals surface area contributed by atoms with Gasteiger partial charge in [0.25, 0.3) is 5.69 Å². The second-order valence-electron chi connectivity index (χ2n) is 3.86. The summed E-state index contributed by atoms with van der Waals surface area (Å²) in [5.41, 5.74) is -0.0389. The average Bonchev–Trinajstić information content (AvgIpc) is 2.38. The molecule has 0 aromatic carbocycles. The molecule has 1 atom stereocenters. The summed E-state index contributed by atoms with van der Waals surface area (Å²) in [4.78, 5) is 14.1. The minimum absolute atomic E-state index is 0.0389. The SMILES string of the molecule is O=[N+]([O-])c1cnc(NCC2CNCCO2)c(Br)c1. The first-order valence-electron chi connectivity index (χ1n) is 5.53. The predicted octanol–water partition coefficient (Wildman–Crippen LogP) is 1.15. The number of pyridine rings is 1. The Morgan fingerprint density at radius 3 is 3.17 bits per heavy atom. The number of anilines is 1. The number of morpholine rings is 1. The highest BCUT2D eigenvalue weighted by Crippen LogP contribution is 2.24. The Morgan fingerprint density at radius 2 is 2.56 bits per heavy atom. The number of hydrogen-bond donors (Lipinski definition) is 2. The molecule has 1 saturated heterocycles. The molecule has 1 aliphatic heterocycles. The van der Waals surface area contributed by atoms with Crippen molar-refractivity contribution in [3.63, 3.8) is 0 Å². The Kier molecular flexibility index (Phi) is 4.45. The van der Waals surface area contributed by atoms with Gasteiger partial charge in [0.2, 0.25) is 0 Å². The van der Waals surface area contributed by atoms with Crippen LogP contribution >= 0.6 is 15.9 Å². The van der Waals surface area contributed by atoms with Crippen LogP contribution in [-0.4, -0.2) is 42.3 Å². The van der Waals surface area contributed by atoms with E-state index >= 15 is 0 Å². The van der Waals surface area contributed by atoms with Gasteiger partial charge in [-0.15, -0.1) is 0 Å². The van der Waals surface area contributed by atoms with Crippen LogP contribution < -0.4 is 10.6 Å². The van der Waals surface area contributed by atoms with E-state index in [0.717, 1.165) is 13.1 Å². The first-order chi connectivity index (χ1) is 8.66. The van der Waals surface area contributed by atoms with E-state index < -0.39 is 4.92 Å². The summed E-state index contributed by atoms with van der Waals surface area (Å²) >= 11 is 3.25. The lowest BCUT2D eigenvalue weighted by Gasteiger charge is -2.24. The summed E-state index contributed by atoms with van der Waals surface area (Å²) in [5, 5.41) is 16.9. The maximum absolute atomic E-state index is 10.6. The van der Waals surface area contributed by atoms with Crippen molar-refractivity contribution in [3.8, 4) is 0 Å². The lowest BCUT2D eigenvalue weighted by Crippen LogP contribution is -2.42. The molecule has 1 aromatic heterocycles. The highest BCUT2D eigenvalue weighted by atomic mass is 79.9. The molecule has 2 heterocycles. The minimum atomic E-state index is -0.476. The molecule has 0 aliphatic carbocycles. The van der Waals surface area contributed by atoms with Gasteiger partial charge in [0.05, 0.1) is 22.1 Å². The summed E-state index contributed by atoms with van der Waals surface area (Å²) in [5.74, 6) is 0.578. The van der Waals surface area contributed by atoms with Gasteiger partial charge in [0.15, 0.2) is 0 Å². The number of ether oxygens (including phenoxy) is 1. The molecule has 18 heavy (non-hydrogen) atoms. The Balaban J connectivity index is 1.94. The molecule has 98 valence electrons. The molecule has 0 saturated carbocycles. The van der Waals surface area contributed by atoms with E-state index in [0.29, 0.717) is 23.4 Å². The van der Waals surface area contributed by atoms with Crippen LogP contribution in [0.3, 0.4) is 0 Å². The third-order valence-electron chi connectivity index (χ3n) is 2.54. The van der Waals surface area contributed by atoms with Crippen LogP contribution in [0.4, 0.5) is 11.5 Å². The van der Waals surface area contributed by atoms with E-state index in [2.05, 4.69) is 31.5 Å². The van der Waals surface area contributed by atoms with Crippen LogP contribution in [0, 0.1) is 10.1 Å². The monoisotopic (exact) mass is 316 g/mol. The smallest absolute Gasteiger partial charge is 0.288 e. The highest BCUT2D eigenvalue weighted by Gasteiger charge is 2.15. The number of nitrogens with one attached hydrogen (secondary N) is 2. The van der Waals surface area contributed by atoms with Crippen LogP contribution in [-0.2, 0) is 4.74 Å². The molecule has 0 amide bonds. The number of rotatable bonds is 4. The molecule has 7 nitrogen and oxygen atoms in total. The molecule has 1 aliphatic rings. The molecule has 2 rings (SSSR count). The van der Waals surface area contributed by atoms with E-state index in [9.17, 15) is 10.1 Å². The van der Waals surface area contributed by atoms with Crippen molar-refractivity contribution in [3.05, 3.63) is 26.9 Å². The fourth-order valence-electron chi connectivity index (χ4n) is 1.62. The maximum atomic E-state index is 10.6. The van der Waals surface area contributed by atoms with Crippen LogP contribution in [0.5, 0.6) is 0 Å². The van der Waals surface area contributed by atoms with Crippen molar-refractivity contribution in [2.45, 2.75) is 6.10 Å². The van der Waals surface area contributed by atoms with Gasteiger partial charge in [-0.2, -0.15) is 0 Å². The number of nitro groups is 1. The molecular formula is C10H13BrN4O3. The lowest BCUT2D eigenvalue weighted by molar-refractivity contribution is -0.385. The van der Waals surface area contributed by atoms with Gasteiger partial charge in [0.1, 0.15) is 12.0 Å². The van der Waals surface area contributed by atoms with Gasteiger partial charge >= 0.3 is 0 Å². The van der Waals surface area contributed by atoms with Crippen LogP contribution in [0.25, 0.3) is 0 Å². The van der Waals surface area contributed by atoms with Crippen molar-refractivity contribution in [2.75, 3.05) is 31.6 Å². The Morgan fingerprint density at radius 1 is 1.72 bits per heavy atom. The molecule has 8 heteroatoms. The zero-order valence-electron chi connectivity index (χ0n) is 9.56. The zero-order chi connectivity index (χ0) is 13.0. The standard InChI is InChI=1S/C10H13BrN4O3/c11-9-3-7(15(16)17)4-13-10(9)14-6-8-5-12-1-2-18-8/h3-4,8,12H,1-2,5-6H2,(H,13,14). The summed E-state index contributed by atoms with van der Waals surface area (Å²) in [7, 11) is 0. The molecule has 1 unspecified atom stereocenters. The van der Waals surface area contributed by atoms with E-state index in [-0.39, 0.29) is 11.8 Å². The molecule has 0 radical (unpaired) electrons. The topological polar surface area (TPSA) is 89.3 Å².